The van der Waals surface area contributed by atoms with E-state index in [1.165, 1.54) is 11.1 Å². The number of aliphatic carboxylic acids is 1. The Bertz CT molecular complexity index is 814. The molecule has 0 unspecified atom stereocenters. The van der Waals surface area contributed by atoms with Crippen LogP contribution < -0.4 is 14.8 Å². The molecular weight excluding hydrogens is 358 g/mol. The van der Waals surface area contributed by atoms with Crippen LogP contribution in [0.4, 0.5) is 0 Å². The van der Waals surface area contributed by atoms with Crippen LogP contribution in [0.2, 0.25) is 0 Å². The van der Waals surface area contributed by atoms with Crippen molar-refractivity contribution in [2.45, 2.75) is 40.2 Å². The maximum absolute atomic E-state index is 11.5. The standard InChI is InChI=1S/C22H27NO5/c1-15-12-16(2)17(3)20(13-15)28-11-10-27-19-6-4-18(5-7-19)14-23-21(24)8-9-22(25)26/h4-7,12-13H,8-11,14H2,1-3H3,(H,23,24)(H,25,26). The summed E-state index contributed by atoms with van der Waals surface area (Å²) < 4.78 is 11.5. The third-order valence-electron chi connectivity index (χ3n) is 4.35. The van der Waals surface area contributed by atoms with Crippen LogP contribution in [0.5, 0.6) is 11.5 Å². The third-order valence-corrected chi connectivity index (χ3v) is 4.35. The van der Waals surface area contributed by atoms with Crippen LogP contribution in [0.25, 0.3) is 0 Å². The number of carbonyl (C=O) groups is 2. The fourth-order valence-electron chi connectivity index (χ4n) is 2.67. The van der Waals surface area contributed by atoms with Crippen LogP contribution >= 0.6 is 0 Å². The van der Waals surface area contributed by atoms with Crippen molar-refractivity contribution in [3.05, 3.63) is 58.7 Å². The van der Waals surface area contributed by atoms with Crippen molar-refractivity contribution in [1.29, 1.82) is 0 Å². The van der Waals surface area contributed by atoms with Gasteiger partial charge in [-0.1, -0.05) is 18.2 Å². The summed E-state index contributed by atoms with van der Waals surface area (Å²) in [7, 11) is 0. The lowest BCUT2D eigenvalue weighted by Gasteiger charge is -2.13. The van der Waals surface area contributed by atoms with Gasteiger partial charge < -0.3 is 19.9 Å². The van der Waals surface area contributed by atoms with Crippen LogP contribution in [0.15, 0.2) is 36.4 Å². The molecule has 0 fully saturated rings. The second-order valence-electron chi connectivity index (χ2n) is 6.72. The summed E-state index contributed by atoms with van der Waals surface area (Å²) in [6.07, 6.45) is -0.182. The molecule has 0 aliphatic heterocycles. The number of rotatable bonds is 10. The summed E-state index contributed by atoms with van der Waals surface area (Å²) in [6, 6.07) is 11.6. The Kier molecular flexibility index (Phi) is 7.87. The molecular formula is C22H27NO5. The van der Waals surface area contributed by atoms with Crippen LogP contribution in [0, 0.1) is 20.8 Å². The predicted octanol–water partition coefficient (Wildman–Crippen LogP) is 3.55. The molecule has 1 amide bonds. The zero-order chi connectivity index (χ0) is 20.5. The highest BCUT2D eigenvalue weighted by Crippen LogP contribution is 2.23. The number of amides is 1. The summed E-state index contributed by atoms with van der Waals surface area (Å²) in [5, 5.41) is 11.3. The molecule has 6 heteroatoms. The first-order chi connectivity index (χ1) is 13.3. The Hall–Kier alpha value is -3.02. The van der Waals surface area contributed by atoms with Crippen molar-refractivity contribution in [3.63, 3.8) is 0 Å². The average molecular weight is 385 g/mol. The average Bonchev–Trinajstić information content (AvgIpc) is 2.66. The number of carboxylic acids is 1. The Morgan fingerprint density at radius 1 is 0.964 bits per heavy atom. The number of aryl methyl sites for hydroxylation is 2. The van der Waals surface area contributed by atoms with Crippen LogP contribution in [-0.4, -0.2) is 30.2 Å². The highest BCUT2D eigenvalue weighted by molar-refractivity contribution is 5.80. The molecule has 28 heavy (non-hydrogen) atoms. The highest BCUT2D eigenvalue weighted by Gasteiger charge is 2.06. The molecule has 0 saturated carbocycles. The highest BCUT2D eigenvalue weighted by atomic mass is 16.5. The largest absolute Gasteiger partial charge is 0.490 e. The monoisotopic (exact) mass is 385 g/mol. The molecule has 0 aliphatic rings. The number of carbonyl (C=O) groups excluding carboxylic acids is 1. The number of hydrogen-bond donors (Lipinski definition) is 2. The summed E-state index contributed by atoms with van der Waals surface area (Å²) in [5.74, 6) is 0.353. The number of carboxylic acid groups (broad SMARTS) is 1. The van der Waals surface area contributed by atoms with Gasteiger partial charge in [-0.2, -0.15) is 0 Å². The molecule has 0 aliphatic carbocycles. The number of nitrogens with one attached hydrogen (secondary N) is 1. The second-order valence-corrected chi connectivity index (χ2v) is 6.72. The molecule has 0 aromatic heterocycles. The molecule has 2 aromatic rings. The quantitative estimate of drug-likeness (QED) is 0.611. The van der Waals surface area contributed by atoms with Crippen molar-refractivity contribution in [2.24, 2.45) is 0 Å². The van der Waals surface area contributed by atoms with Crippen molar-refractivity contribution in [3.8, 4) is 11.5 Å². The van der Waals surface area contributed by atoms with E-state index in [0.29, 0.717) is 19.8 Å². The van der Waals surface area contributed by atoms with E-state index >= 15 is 0 Å². The fraction of sp³-hybridized carbons (Fsp3) is 0.364. The van der Waals surface area contributed by atoms with Gasteiger partial charge in [0.1, 0.15) is 24.7 Å². The normalized spacial score (nSPS) is 10.4. The van der Waals surface area contributed by atoms with Crippen molar-refractivity contribution in [1.82, 2.24) is 5.32 Å². The Labute approximate surface area is 165 Å². The summed E-state index contributed by atoms with van der Waals surface area (Å²) in [5.41, 5.74) is 4.43. The van der Waals surface area contributed by atoms with Crippen LogP contribution in [-0.2, 0) is 16.1 Å². The van der Waals surface area contributed by atoms with E-state index in [1.54, 1.807) is 0 Å². The molecule has 2 aromatic carbocycles. The van der Waals surface area contributed by atoms with E-state index in [4.69, 9.17) is 14.6 Å². The summed E-state index contributed by atoms with van der Waals surface area (Å²) >= 11 is 0. The SMILES string of the molecule is Cc1cc(C)c(C)c(OCCOc2ccc(CNC(=O)CCC(=O)O)cc2)c1. The zero-order valence-electron chi connectivity index (χ0n) is 16.6. The second kappa shape index (κ2) is 10.3. The van der Waals surface area contributed by atoms with E-state index in [9.17, 15) is 9.59 Å². The van der Waals surface area contributed by atoms with Crippen molar-refractivity contribution in [2.75, 3.05) is 13.2 Å². The molecule has 2 rings (SSSR count). The van der Waals surface area contributed by atoms with Gasteiger partial charge in [-0.3, -0.25) is 9.59 Å². The molecule has 6 nitrogen and oxygen atoms in total. The third kappa shape index (κ3) is 6.95. The first kappa shape index (κ1) is 21.3. The van der Waals surface area contributed by atoms with Gasteiger partial charge in [-0.05, 0) is 61.2 Å². The first-order valence-electron chi connectivity index (χ1n) is 9.26. The molecule has 0 spiro atoms. The molecule has 0 atom stereocenters. The molecule has 0 heterocycles. The van der Waals surface area contributed by atoms with E-state index in [2.05, 4.69) is 18.3 Å². The number of hydrogen-bond acceptors (Lipinski definition) is 4. The lowest BCUT2D eigenvalue weighted by atomic mass is 10.1. The van der Waals surface area contributed by atoms with Gasteiger partial charge in [0.05, 0.1) is 6.42 Å². The van der Waals surface area contributed by atoms with E-state index in [1.807, 2.05) is 44.2 Å². The summed E-state index contributed by atoms with van der Waals surface area (Å²) in [4.78, 5) is 22.0. The van der Waals surface area contributed by atoms with Crippen LogP contribution in [0.3, 0.4) is 0 Å². The van der Waals surface area contributed by atoms with Gasteiger partial charge in [-0.25, -0.2) is 0 Å². The van der Waals surface area contributed by atoms with Gasteiger partial charge in [0.15, 0.2) is 0 Å². The minimum Gasteiger partial charge on any atom is -0.490 e. The van der Waals surface area contributed by atoms with Crippen molar-refractivity contribution < 1.29 is 24.2 Å². The van der Waals surface area contributed by atoms with Crippen molar-refractivity contribution >= 4 is 11.9 Å². The molecule has 0 radical (unpaired) electrons. The minimum absolute atomic E-state index is 0.0174. The zero-order valence-corrected chi connectivity index (χ0v) is 16.6. The van der Waals surface area contributed by atoms with Gasteiger partial charge in [0.25, 0.3) is 0 Å². The van der Waals surface area contributed by atoms with Gasteiger partial charge >= 0.3 is 5.97 Å². The molecule has 150 valence electrons. The Morgan fingerprint density at radius 3 is 2.32 bits per heavy atom. The van der Waals surface area contributed by atoms with Gasteiger partial charge in [0, 0.05) is 13.0 Å². The lowest BCUT2D eigenvalue weighted by Crippen LogP contribution is -2.23. The van der Waals surface area contributed by atoms with Gasteiger partial charge in [-0.15, -0.1) is 0 Å². The number of benzene rings is 2. The summed E-state index contributed by atoms with van der Waals surface area (Å²) in [6.45, 7) is 7.40. The predicted molar refractivity (Wildman–Crippen MR) is 107 cm³/mol. The molecule has 0 saturated heterocycles. The van der Waals surface area contributed by atoms with Gasteiger partial charge in [0.2, 0.25) is 5.91 Å². The van der Waals surface area contributed by atoms with E-state index in [-0.39, 0.29) is 18.7 Å². The minimum atomic E-state index is -0.978. The smallest absolute Gasteiger partial charge is 0.303 e. The first-order valence-corrected chi connectivity index (χ1v) is 9.26. The Balaban J connectivity index is 1.73. The topological polar surface area (TPSA) is 84.9 Å². The maximum atomic E-state index is 11.5. The number of ether oxygens (including phenoxy) is 2. The van der Waals surface area contributed by atoms with E-state index < -0.39 is 5.97 Å². The van der Waals surface area contributed by atoms with E-state index in [0.717, 1.165) is 22.6 Å². The fourth-order valence-corrected chi connectivity index (χ4v) is 2.67. The maximum Gasteiger partial charge on any atom is 0.303 e. The Morgan fingerprint density at radius 2 is 1.64 bits per heavy atom. The molecule has 0 bridgehead atoms. The van der Waals surface area contributed by atoms with Crippen LogP contribution in [0.1, 0.15) is 35.1 Å². The molecule has 2 N–H and O–H groups in total. The lowest BCUT2D eigenvalue weighted by molar-refractivity contribution is -0.138.